The molecule has 0 spiro atoms. The molecule has 0 aliphatic heterocycles. The van der Waals surface area contributed by atoms with Crippen molar-refractivity contribution in [2.45, 2.75) is 24.1 Å². The van der Waals surface area contributed by atoms with Crippen LogP contribution < -0.4 is 10.3 Å². The van der Waals surface area contributed by atoms with Gasteiger partial charge in [0.15, 0.2) is 0 Å². The molecule has 0 saturated carbocycles. The number of hydrogen-bond acceptors (Lipinski definition) is 5. The van der Waals surface area contributed by atoms with Crippen molar-refractivity contribution in [2.75, 3.05) is 6.54 Å². The molecule has 0 amide bonds. The third-order valence-electron chi connectivity index (χ3n) is 2.65. The summed E-state index contributed by atoms with van der Waals surface area (Å²) in [6.07, 6.45) is 2.30. The van der Waals surface area contributed by atoms with Crippen LogP contribution in [0.25, 0.3) is 0 Å². The lowest BCUT2D eigenvalue weighted by atomic mass is 10.4. The first-order chi connectivity index (χ1) is 9.53. The average Bonchev–Trinajstić information content (AvgIpc) is 2.90. The number of nitrogens with one attached hydrogen (secondary N) is 1. The Morgan fingerprint density at radius 1 is 1.35 bits per heavy atom. The Morgan fingerprint density at radius 3 is 2.80 bits per heavy atom. The molecule has 0 atom stereocenters. The fourth-order valence-electron chi connectivity index (χ4n) is 1.60. The van der Waals surface area contributed by atoms with Crippen molar-refractivity contribution in [2.24, 2.45) is 0 Å². The number of sulfonamides is 1. The maximum absolute atomic E-state index is 12.0. The molecule has 2 aromatic rings. The topological polar surface area (TPSA) is 81.1 Å². The second-order valence-electron chi connectivity index (χ2n) is 4.06. The lowest BCUT2D eigenvalue weighted by molar-refractivity contribution is 0.548. The Labute approximate surface area is 121 Å². The normalized spacial score (nSPS) is 11.7. The molecule has 108 valence electrons. The van der Waals surface area contributed by atoms with Crippen LogP contribution in [0, 0.1) is 0 Å². The van der Waals surface area contributed by atoms with E-state index < -0.39 is 10.0 Å². The molecule has 2 rings (SSSR count). The Bertz CT molecular complexity index is 734. The summed E-state index contributed by atoms with van der Waals surface area (Å²) in [7, 11) is -3.51. The van der Waals surface area contributed by atoms with E-state index in [0.29, 0.717) is 4.21 Å². The minimum atomic E-state index is -3.51. The van der Waals surface area contributed by atoms with E-state index in [-0.39, 0.29) is 18.6 Å². The first-order valence-corrected chi connectivity index (χ1v) is 8.43. The van der Waals surface area contributed by atoms with Gasteiger partial charge >= 0.3 is 0 Å². The van der Waals surface area contributed by atoms with E-state index in [1.54, 1.807) is 12.1 Å². The summed E-state index contributed by atoms with van der Waals surface area (Å²) in [6.45, 7) is 2.30. The fraction of sp³-hybridized carbons (Fsp3) is 0.333. The second kappa shape index (κ2) is 6.29. The average molecular weight is 313 g/mol. The third-order valence-corrected chi connectivity index (χ3v) is 5.83. The van der Waals surface area contributed by atoms with Gasteiger partial charge in [0.25, 0.3) is 5.56 Å². The summed E-state index contributed by atoms with van der Waals surface area (Å²) >= 11 is 1.25. The largest absolute Gasteiger partial charge is 0.268 e. The molecular weight excluding hydrogens is 298 g/mol. The van der Waals surface area contributed by atoms with E-state index in [0.717, 1.165) is 11.3 Å². The SMILES string of the molecule is CCc1ccc(S(=O)(=O)NCCn2ncccc2=O)s1. The van der Waals surface area contributed by atoms with Crippen molar-refractivity contribution >= 4 is 21.4 Å². The van der Waals surface area contributed by atoms with E-state index in [1.165, 1.54) is 28.3 Å². The van der Waals surface area contributed by atoms with Crippen molar-refractivity contribution in [1.29, 1.82) is 0 Å². The van der Waals surface area contributed by atoms with Crippen molar-refractivity contribution in [3.05, 3.63) is 45.7 Å². The predicted molar refractivity (Wildman–Crippen MR) is 77.4 cm³/mol. The zero-order valence-electron chi connectivity index (χ0n) is 10.9. The lowest BCUT2D eigenvalue weighted by Gasteiger charge is -2.05. The maximum Gasteiger partial charge on any atom is 0.266 e. The molecule has 0 bridgehead atoms. The monoisotopic (exact) mass is 313 g/mol. The van der Waals surface area contributed by atoms with Gasteiger partial charge in [-0.3, -0.25) is 4.79 Å². The summed E-state index contributed by atoms with van der Waals surface area (Å²) in [4.78, 5) is 12.4. The summed E-state index contributed by atoms with van der Waals surface area (Å²) in [5.41, 5.74) is -0.254. The molecule has 0 aliphatic rings. The molecule has 2 aromatic heterocycles. The van der Waals surface area contributed by atoms with Gasteiger partial charge < -0.3 is 0 Å². The molecule has 6 nitrogen and oxygen atoms in total. The fourth-order valence-corrected chi connectivity index (χ4v) is 3.97. The van der Waals surface area contributed by atoms with Gasteiger partial charge in [-0.25, -0.2) is 17.8 Å². The highest BCUT2D eigenvalue weighted by atomic mass is 32.2. The van der Waals surface area contributed by atoms with Crippen LogP contribution in [0.5, 0.6) is 0 Å². The van der Waals surface area contributed by atoms with Crippen LogP contribution in [0.3, 0.4) is 0 Å². The maximum atomic E-state index is 12.0. The Hall–Kier alpha value is -1.51. The molecule has 20 heavy (non-hydrogen) atoms. The van der Waals surface area contributed by atoms with Gasteiger partial charge in [0, 0.05) is 23.7 Å². The smallest absolute Gasteiger partial charge is 0.266 e. The van der Waals surface area contributed by atoms with Gasteiger partial charge in [-0.2, -0.15) is 5.10 Å². The van der Waals surface area contributed by atoms with Gasteiger partial charge in [0.2, 0.25) is 10.0 Å². The van der Waals surface area contributed by atoms with Gasteiger partial charge in [0.1, 0.15) is 4.21 Å². The second-order valence-corrected chi connectivity index (χ2v) is 7.22. The first-order valence-electron chi connectivity index (χ1n) is 6.13. The zero-order chi connectivity index (χ0) is 14.6. The highest BCUT2D eigenvalue weighted by molar-refractivity contribution is 7.91. The number of aryl methyl sites for hydroxylation is 1. The molecule has 8 heteroatoms. The molecular formula is C12H15N3O3S2. The number of rotatable bonds is 6. The van der Waals surface area contributed by atoms with Gasteiger partial charge in [-0.05, 0) is 24.6 Å². The Balaban J connectivity index is 2.00. The third kappa shape index (κ3) is 3.53. The van der Waals surface area contributed by atoms with E-state index in [1.807, 2.05) is 13.0 Å². The summed E-state index contributed by atoms with van der Waals surface area (Å²) in [6, 6.07) is 6.33. The summed E-state index contributed by atoms with van der Waals surface area (Å²) < 4.78 is 28.0. The van der Waals surface area contributed by atoms with Crippen LogP contribution in [0.1, 0.15) is 11.8 Å². The zero-order valence-corrected chi connectivity index (χ0v) is 12.6. The van der Waals surface area contributed by atoms with Crippen LogP contribution in [-0.2, 0) is 23.0 Å². The van der Waals surface area contributed by atoms with E-state index in [4.69, 9.17) is 0 Å². The van der Waals surface area contributed by atoms with Crippen LogP contribution in [0.2, 0.25) is 0 Å². The molecule has 0 aliphatic carbocycles. The van der Waals surface area contributed by atoms with Gasteiger partial charge in [-0.1, -0.05) is 6.92 Å². The molecule has 0 radical (unpaired) electrons. The van der Waals surface area contributed by atoms with Crippen LogP contribution in [0.15, 0.2) is 39.5 Å². The van der Waals surface area contributed by atoms with E-state index in [2.05, 4.69) is 9.82 Å². The number of hydrogen-bond donors (Lipinski definition) is 1. The highest BCUT2D eigenvalue weighted by Crippen LogP contribution is 2.21. The van der Waals surface area contributed by atoms with Crippen LogP contribution in [0.4, 0.5) is 0 Å². The standard InChI is InChI=1S/C12H15N3O3S2/c1-2-10-5-6-12(19-10)20(17,18)14-8-9-15-11(16)4-3-7-13-15/h3-7,14H,2,8-9H2,1H3. The van der Waals surface area contributed by atoms with E-state index in [9.17, 15) is 13.2 Å². The molecule has 0 aromatic carbocycles. The van der Waals surface area contributed by atoms with E-state index >= 15 is 0 Å². The van der Waals surface area contributed by atoms with Gasteiger partial charge in [-0.15, -0.1) is 11.3 Å². The number of aromatic nitrogens is 2. The summed E-state index contributed by atoms with van der Waals surface area (Å²) in [5.74, 6) is 0. The Kier molecular flexibility index (Phi) is 4.69. The lowest BCUT2D eigenvalue weighted by Crippen LogP contribution is -2.31. The van der Waals surface area contributed by atoms with Gasteiger partial charge in [0.05, 0.1) is 6.54 Å². The van der Waals surface area contributed by atoms with Crippen LogP contribution in [-0.4, -0.2) is 24.7 Å². The minimum Gasteiger partial charge on any atom is -0.268 e. The summed E-state index contributed by atoms with van der Waals surface area (Å²) in [5, 5.41) is 3.86. The minimum absolute atomic E-state index is 0.124. The van der Waals surface area contributed by atoms with Crippen molar-refractivity contribution in [3.8, 4) is 0 Å². The molecule has 2 heterocycles. The predicted octanol–water partition coefficient (Wildman–Crippen LogP) is 0.846. The van der Waals surface area contributed by atoms with Crippen LogP contribution >= 0.6 is 11.3 Å². The van der Waals surface area contributed by atoms with Crippen molar-refractivity contribution < 1.29 is 8.42 Å². The Morgan fingerprint density at radius 2 is 2.15 bits per heavy atom. The van der Waals surface area contributed by atoms with Crippen molar-refractivity contribution in [1.82, 2.24) is 14.5 Å². The quantitative estimate of drug-likeness (QED) is 0.857. The number of nitrogens with zero attached hydrogens (tertiary/aromatic N) is 2. The van der Waals surface area contributed by atoms with Crippen molar-refractivity contribution in [3.63, 3.8) is 0 Å². The first kappa shape index (κ1) is 14.9. The number of thiophene rings is 1. The molecule has 1 N–H and O–H groups in total. The molecule has 0 unspecified atom stereocenters. The molecule has 0 saturated heterocycles. The highest BCUT2D eigenvalue weighted by Gasteiger charge is 2.15. The molecule has 0 fully saturated rings.